The van der Waals surface area contributed by atoms with E-state index in [1.165, 1.54) is 0 Å². The first-order valence-electron chi connectivity index (χ1n) is 6.46. The molecule has 20 heavy (non-hydrogen) atoms. The summed E-state index contributed by atoms with van der Waals surface area (Å²) in [4.78, 5) is 25.5. The second-order valence-electron chi connectivity index (χ2n) is 4.72. The molecule has 1 aliphatic heterocycles. The molecule has 0 aromatic heterocycles. The zero-order chi connectivity index (χ0) is 13.9. The van der Waals surface area contributed by atoms with Crippen LogP contribution in [0.3, 0.4) is 0 Å². The molecule has 4 nitrogen and oxygen atoms in total. The quantitative estimate of drug-likeness (QED) is 0.868. The normalized spacial score (nSPS) is 18.2. The van der Waals surface area contributed by atoms with Gasteiger partial charge in [0.1, 0.15) is 6.04 Å². The van der Waals surface area contributed by atoms with Crippen LogP contribution >= 0.6 is 0 Å². The number of nitrogens with one attached hydrogen (secondary N) is 1. The third-order valence-corrected chi connectivity index (χ3v) is 3.36. The minimum atomic E-state index is -0.552. The number of carbonyl (C=O) groups is 2. The van der Waals surface area contributed by atoms with Crippen molar-refractivity contribution >= 4 is 11.9 Å². The van der Waals surface area contributed by atoms with Crippen LogP contribution in [0.1, 0.15) is 17.2 Å². The largest absolute Gasteiger partial charge is 0.325 e. The summed E-state index contributed by atoms with van der Waals surface area (Å²) < 4.78 is 0. The Morgan fingerprint density at radius 2 is 1.50 bits per heavy atom. The van der Waals surface area contributed by atoms with Gasteiger partial charge in [0.05, 0.1) is 0 Å². The van der Waals surface area contributed by atoms with Gasteiger partial charge in [-0.1, -0.05) is 60.7 Å². The third-order valence-electron chi connectivity index (χ3n) is 3.36. The van der Waals surface area contributed by atoms with Gasteiger partial charge >= 0.3 is 6.03 Å². The lowest BCUT2D eigenvalue weighted by molar-refractivity contribution is -0.121. The third kappa shape index (κ3) is 2.28. The van der Waals surface area contributed by atoms with Crippen molar-refractivity contribution in [3.63, 3.8) is 0 Å². The highest BCUT2D eigenvalue weighted by molar-refractivity contribution is 6.04. The maximum atomic E-state index is 12.0. The molecule has 4 heteroatoms. The number of hydrogen-bond acceptors (Lipinski definition) is 2. The Bertz CT molecular complexity index is 625. The molecule has 1 fully saturated rings. The van der Waals surface area contributed by atoms with E-state index < -0.39 is 6.04 Å². The number of nitrogens with zero attached hydrogens (tertiary/aromatic N) is 1. The van der Waals surface area contributed by atoms with Crippen molar-refractivity contribution in [2.75, 3.05) is 0 Å². The maximum Gasteiger partial charge on any atom is 0.325 e. The Kier molecular flexibility index (Phi) is 3.21. The second kappa shape index (κ2) is 5.17. The molecule has 0 aliphatic carbocycles. The predicted octanol–water partition coefficient (Wildman–Crippen LogP) is 2.48. The molecule has 3 amide bonds. The predicted molar refractivity (Wildman–Crippen MR) is 74.7 cm³/mol. The van der Waals surface area contributed by atoms with Gasteiger partial charge < -0.3 is 4.90 Å². The molecule has 1 heterocycles. The van der Waals surface area contributed by atoms with Crippen LogP contribution in [0.25, 0.3) is 0 Å². The number of carbonyl (C=O) groups excluding carboxylic acids is 2. The van der Waals surface area contributed by atoms with Gasteiger partial charge in [0.15, 0.2) is 0 Å². The Morgan fingerprint density at radius 3 is 2.15 bits per heavy atom. The summed E-state index contributed by atoms with van der Waals surface area (Å²) in [6, 6.07) is 18.1. The highest BCUT2D eigenvalue weighted by Crippen LogP contribution is 2.27. The SMILES string of the molecule is O=C1NC(=O)N(Cc2ccccc2)[C@H]1c1ccccc1. The Labute approximate surface area is 117 Å². The minimum Gasteiger partial charge on any atom is -0.304 e. The zero-order valence-electron chi connectivity index (χ0n) is 10.8. The molecule has 0 unspecified atom stereocenters. The minimum absolute atomic E-state index is 0.267. The highest BCUT2D eigenvalue weighted by atomic mass is 16.2. The number of amides is 3. The Balaban J connectivity index is 1.91. The molecule has 1 N–H and O–H groups in total. The van der Waals surface area contributed by atoms with E-state index in [2.05, 4.69) is 5.32 Å². The zero-order valence-corrected chi connectivity index (χ0v) is 10.8. The van der Waals surface area contributed by atoms with E-state index >= 15 is 0 Å². The molecule has 0 radical (unpaired) electrons. The maximum absolute atomic E-state index is 12.0. The number of hydrogen-bond donors (Lipinski definition) is 1. The van der Waals surface area contributed by atoms with E-state index in [1.807, 2.05) is 60.7 Å². The smallest absolute Gasteiger partial charge is 0.304 e. The standard InChI is InChI=1S/C16H14N2O2/c19-15-14(13-9-5-2-6-10-13)18(16(20)17-15)11-12-7-3-1-4-8-12/h1-10,14H,11H2,(H,17,19,20)/t14-/m0/s1. The summed E-state index contributed by atoms with van der Waals surface area (Å²) in [5.74, 6) is -0.267. The number of urea groups is 1. The summed E-state index contributed by atoms with van der Waals surface area (Å²) in [7, 11) is 0. The van der Waals surface area contributed by atoms with Gasteiger partial charge in [-0.3, -0.25) is 10.1 Å². The van der Waals surface area contributed by atoms with Gasteiger partial charge in [-0.15, -0.1) is 0 Å². The van der Waals surface area contributed by atoms with E-state index in [0.717, 1.165) is 11.1 Å². The van der Waals surface area contributed by atoms with Crippen LogP contribution in [0.5, 0.6) is 0 Å². The molecule has 0 spiro atoms. The topological polar surface area (TPSA) is 49.4 Å². The first-order valence-corrected chi connectivity index (χ1v) is 6.46. The van der Waals surface area contributed by atoms with Gasteiger partial charge in [0, 0.05) is 6.54 Å². The lowest BCUT2D eigenvalue weighted by Crippen LogP contribution is -2.29. The van der Waals surface area contributed by atoms with Crippen molar-refractivity contribution in [2.24, 2.45) is 0 Å². The second-order valence-corrected chi connectivity index (χ2v) is 4.72. The fourth-order valence-electron chi connectivity index (χ4n) is 2.41. The van der Waals surface area contributed by atoms with Crippen molar-refractivity contribution in [3.05, 3.63) is 71.8 Å². The number of rotatable bonds is 3. The van der Waals surface area contributed by atoms with E-state index in [9.17, 15) is 9.59 Å². The summed E-state index contributed by atoms with van der Waals surface area (Å²) in [6.07, 6.45) is 0. The molecule has 0 saturated carbocycles. The Hall–Kier alpha value is -2.62. The highest BCUT2D eigenvalue weighted by Gasteiger charge is 2.39. The van der Waals surface area contributed by atoms with Crippen molar-refractivity contribution in [1.82, 2.24) is 10.2 Å². The molecule has 1 aliphatic rings. The van der Waals surface area contributed by atoms with Crippen molar-refractivity contribution in [3.8, 4) is 0 Å². The Morgan fingerprint density at radius 1 is 0.900 bits per heavy atom. The van der Waals surface area contributed by atoms with E-state index in [4.69, 9.17) is 0 Å². The van der Waals surface area contributed by atoms with Crippen LogP contribution in [0.15, 0.2) is 60.7 Å². The van der Waals surface area contributed by atoms with Gasteiger partial charge in [0.25, 0.3) is 5.91 Å². The van der Waals surface area contributed by atoms with Crippen LogP contribution in [0, 0.1) is 0 Å². The monoisotopic (exact) mass is 266 g/mol. The lowest BCUT2D eigenvalue weighted by Gasteiger charge is -2.22. The number of benzene rings is 2. The molecule has 1 saturated heterocycles. The number of imide groups is 1. The van der Waals surface area contributed by atoms with Crippen molar-refractivity contribution in [2.45, 2.75) is 12.6 Å². The first kappa shape index (κ1) is 12.4. The summed E-state index contributed by atoms with van der Waals surface area (Å²) in [5.41, 5.74) is 1.82. The molecule has 3 rings (SSSR count). The summed E-state index contributed by atoms with van der Waals surface area (Å²) >= 11 is 0. The first-order chi connectivity index (χ1) is 9.75. The van der Waals surface area contributed by atoms with E-state index in [-0.39, 0.29) is 11.9 Å². The van der Waals surface area contributed by atoms with Gasteiger partial charge in [-0.25, -0.2) is 4.79 Å². The molecular formula is C16H14N2O2. The lowest BCUT2D eigenvalue weighted by atomic mass is 10.1. The molecular weight excluding hydrogens is 252 g/mol. The summed E-state index contributed by atoms with van der Waals surface area (Å²) in [6.45, 7) is 0.415. The van der Waals surface area contributed by atoms with Gasteiger partial charge in [-0.05, 0) is 11.1 Å². The van der Waals surface area contributed by atoms with Crippen LogP contribution in [-0.4, -0.2) is 16.8 Å². The molecule has 2 aromatic carbocycles. The average molecular weight is 266 g/mol. The van der Waals surface area contributed by atoms with Crippen LogP contribution in [0.4, 0.5) is 4.79 Å². The molecule has 100 valence electrons. The average Bonchev–Trinajstić information content (AvgIpc) is 2.75. The van der Waals surface area contributed by atoms with Crippen LogP contribution in [-0.2, 0) is 11.3 Å². The molecule has 0 bridgehead atoms. The fraction of sp³-hybridized carbons (Fsp3) is 0.125. The van der Waals surface area contributed by atoms with Crippen molar-refractivity contribution in [1.29, 1.82) is 0 Å². The van der Waals surface area contributed by atoms with E-state index in [0.29, 0.717) is 6.54 Å². The van der Waals surface area contributed by atoms with Crippen LogP contribution < -0.4 is 5.32 Å². The summed E-state index contributed by atoms with van der Waals surface area (Å²) in [5, 5.41) is 2.38. The van der Waals surface area contributed by atoms with Gasteiger partial charge in [0.2, 0.25) is 0 Å². The molecule has 2 aromatic rings. The van der Waals surface area contributed by atoms with E-state index in [1.54, 1.807) is 4.90 Å². The fourth-order valence-corrected chi connectivity index (χ4v) is 2.41. The molecule has 1 atom stereocenters. The van der Waals surface area contributed by atoms with Gasteiger partial charge in [-0.2, -0.15) is 0 Å². The van der Waals surface area contributed by atoms with Crippen LogP contribution in [0.2, 0.25) is 0 Å². The van der Waals surface area contributed by atoms with Crippen molar-refractivity contribution < 1.29 is 9.59 Å².